The number of fused-ring (bicyclic) bond motifs is 1. The van der Waals surface area contributed by atoms with Crippen molar-refractivity contribution in [2.24, 2.45) is 0 Å². The molecule has 11 nitrogen and oxygen atoms in total. The zero-order valence-corrected chi connectivity index (χ0v) is 23.4. The summed E-state index contributed by atoms with van der Waals surface area (Å²) in [6, 6.07) is 11.2. The quantitative estimate of drug-likeness (QED) is 0.298. The fourth-order valence-electron chi connectivity index (χ4n) is 4.73. The van der Waals surface area contributed by atoms with Crippen LogP contribution < -0.4 is 20.5 Å². The molecule has 1 atom stereocenters. The van der Waals surface area contributed by atoms with E-state index in [9.17, 15) is 33.0 Å². The van der Waals surface area contributed by atoms with Crippen LogP contribution in [0.5, 0.6) is 5.75 Å². The van der Waals surface area contributed by atoms with Crippen LogP contribution in [-0.4, -0.2) is 48.5 Å². The number of aromatic nitrogens is 1. The van der Waals surface area contributed by atoms with E-state index in [-0.39, 0.29) is 23.7 Å². The Kier molecular flexibility index (Phi) is 8.40. The van der Waals surface area contributed by atoms with Crippen LogP contribution in [0.4, 0.5) is 16.2 Å². The lowest BCUT2D eigenvalue weighted by Gasteiger charge is -2.22. The minimum atomic E-state index is -3.59. The number of carboxylic acids is 1. The van der Waals surface area contributed by atoms with Crippen molar-refractivity contribution in [3.05, 3.63) is 86.3 Å². The normalized spacial score (nSPS) is 13.4. The summed E-state index contributed by atoms with van der Waals surface area (Å²) in [5.41, 5.74) is 1.58. The average molecular weight is 589 g/mol. The summed E-state index contributed by atoms with van der Waals surface area (Å²) in [5, 5.41) is 25.8. The molecule has 0 bridgehead atoms. The predicted octanol–water partition coefficient (Wildman–Crippen LogP) is 3.48. The molecule has 4 rings (SSSR count). The number of sulfonamides is 1. The van der Waals surface area contributed by atoms with E-state index >= 15 is 0 Å². The maximum atomic E-state index is 13.5. The molecular formula is C27H29ClN4O7S. The number of hydrogen-bond acceptors (Lipinski definition) is 6. The van der Waals surface area contributed by atoms with E-state index in [0.29, 0.717) is 40.2 Å². The first-order valence-corrected chi connectivity index (χ1v) is 14.6. The van der Waals surface area contributed by atoms with Gasteiger partial charge in [-0.2, -0.15) is 0 Å². The van der Waals surface area contributed by atoms with Gasteiger partial charge in [-0.1, -0.05) is 41.9 Å². The molecule has 40 heavy (non-hydrogen) atoms. The van der Waals surface area contributed by atoms with Gasteiger partial charge in [0.1, 0.15) is 5.75 Å². The molecular weight excluding hydrogens is 560 g/mol. The van der Waals surface area contributed by atoms with Crippen molar-refractivity contribution in [3.63, 3.8) is 0 Å². The third kappa shape index (κ3) is 6.23. The first-order valence-electron chi connectivity index (χ1n) is 12.4. The summed E-state index contributed by atoms with van der Waals surface area (Å²) < 4.78 is 26.4. The topological polar surface area (TPSA) is 158 Å². The molecule has 1 aliphatic carbocycles. The van der Waals surface area contributed by atoms with E-state index in [2.05, 4.69) is 10.6 Å². The second-order valence-corrected chi connectivity index (χ2v) is 12.0. The zero-order valence-electron chi connectivity index (χ0n) is 21.8. The van der Waals surface area contributed by atoms with Crippen molar-refractivity contribution >= 4 is 45.0 Å². The monoisotopic (exact) mass is 588 g/mol. The van der Waals surface area contributed by atoms with Gasteiger partial charge in [-0.05, 0) is 48.6 Å². The van der Waals surface area contributed by atoms with Gasteiger partial charge < -0.3 is 25.4 Å². The van der Waals surface area contributed by atoms with Crippen molar-refractivity contribution in [1.82, 2.24) is 9.88 Å². The van der Waals surface area contributed by atoms with E-state index in [1.165, 1.54) is 23.7 Å². The maximum absolute atomic E-state index is 13.5. The highest BCUT2D eigenvalue weighted by Gasteiger charge is 2.27. The van der Waals surface area contributed by atoms with Crippen LogP contribution in [0.15, 0.2) is 53.3 Å². The molecule has 1 aliphatic rings. The molecule has 0 unspecified atom stereocenters. The summed E-state index contributed by atoms with van der Waals surface area (Å²) in [6.45, 7) is 0.139. The maximum Gasteiger partial charge on any atom is 0.319 e. The Morgan fingerprint density at radius 3 is 2.55 bits per heavy atom. The molecule has 0 saturated heterocycles. The standard InChI is InChI=1S/C27H29ClN4O7S/c1-31(40(2,38)39)18-9-5-8-16(13-18)21(14-23(33)34)29-27(37)30-24-25(35)19-10-6-12-22(19)32(26(24)36)15-17-7-3-4-11-20(17)28/h3-5,7-9,11,13,21,35H,6,10,12,14-15H2,1-2H3,(H,33,34)(H2,29,30,37)/t21-/m0/s1. The van der Waals surface area contributed by atoms with Gasteiger partial charge in [0.25, 0.3) is 5.56 Å². The van der Waals surface area contributed by atoms with E-state index in [1.54, 1.807) is 36.4 Å². The van der Waals surface area contributed by atoms with Crippen LogP contribution in [0.3, 0.4) is 0 Å². The van der Waals surface area contributed by atoms with E-state index < -0.39 is 40.0 Å². The molecule has 13 heteroatoms. The number of aliphatic carboxylic acids is 1. The van der Waals surface area contributed by atoms with Gasteiger partial charge >= 0.3 is 12.0 Å². The minimum Gasteiger partial charge on any atom is -0.505 e. The Hall–Kier alpha value is -4.03. The Balaban J connectivity index is 1.65. The molecule has 0 radical (unpaired) electrons. The lowest BCUT2D eigenvalue weighted by Crippen LogP contribution is -2.37. The Bertz CT molecular complexity index is 1640. The average Bonchev–Trinajstić information content (AvgIpc) is 3.38. The van der Waals surface area contributed by atoms with Gasteiger partial charge in [-0.25, -0.2) is 13.2 Å². The second kappa shape index (κ2) is 11.6. The molecule has 1 aromatic heterocycles. The van der Waals surface area contributed by atoms with Crippen LogP contribution in [0.1, 0.15) is 41.3 Å². The molecule has 1 heterocycles. The fourth-order valence-corrected chi connectivity index (χ4v) is 5.42. The Labute approximate surface area is 236 Å². The summed E-state index contributed by atoms with van der Waals surface area (Å²) in [7, 11) is -2.23. The third-order valence-electron chi connectivity index (χ3n) is 6.84. The minimum absolute atomic E-state index is 0.139. The molecule has 2 aromatic carbocycles. The number of halogens is 1. The molecule has 3 aromatic rings. The Morgan fingerprint density at radius 2 is 1.88 bits per heavy atom. The number of carbonyl (C=O) groups excluding carboxylic acids is 1. The van der Waals surface area contributed by atoms with Gasteiger partial charge in [0.05, 0.1) is 31.0 Å². The number of aromatic hydroxyl groups is 1. The largest absolute Gasteiger partial charge is 0.505 e. The highest BCUT2D eigenvalue weighted by atomic mass is 35.5. The third-order valence-corrected chi connectivity index (χ3v) is 8.41. The second-order valence-electron chi connectivity index (χ2n) is 9.56. The van der Waals surface area contributed by atoms with Crippen molar-refractivity contribution < 1.29 is 28.2 Å². The number of benzene rings is 2. The van der Waals surface area contributed by atoms with Crippen LogP contribution >= 0.6 is 11.6 Å². The Morgan fingerprint density at radius 1 is 1.15 bits per heavy atom. The van der Waals surface area contributed by atoms with Gasteiger partial charge in [0, 0.05) is 23.3 Å². The molecule has 2 amide bonds. The first kappa shape index (κ1) is 29.0. The lowest BCUT2D eigenvalue weighted by atomic mass is 10.0. The van der Waals surface area contributed by atoms with Gasteiger partial charge in [-0.15, -0.1) is 0 Å². The van der Waals surface area contributed by atoms with E-state index in [0.717, 1.165) is 17.0 Å². The summed E-state index contributed by atoms with van der Waals surface area (Å²) in [5.74, 6) is -1.54. The van der Waals surface area contributed by atoms with Crippen molar-refractivity contribution in [3.8, 4) is 5.75 Å². The number of hydrogen-bond donors (Lipinski definition) is 4. The SMILES string of the molecule is CN(c1cccc([C@H](CC(=O)O)NC(=O)Nc2c(O)c3c(n(Cc4ccccc4Cl)c2=O)CCC3)c1)S(C)(=O)=O. The number of nitrogens with zero attached hydrogens (tertiary/aromatic N) is 2. The van der Waals surface area contributed by atoms with Crippen LogP contribution in [0.25, 0.3) is 0 Å². The highest BCUT2D eigenvalue weighted by Crippen LogP contribution is 2.34. The number of carbonyl (C=O) groups is 2. The van der Waals surface area contributed by atoms with Gasteiger partial charge in [0.2, 0.25) is 10.0 Å². The summed E-state index contributed by atoms with van der Waals surface area (Å²) in [4.78, 5) is 38.2. The molecule has 0 spiro atoms. The fraction of sp³-hybridized carbons (Fsp3) is 0.296. The summed E-state index contributed by atoms with van der Waals surface area (Å²) >= 11 is 6.32. The first-order chi connectivity index (χ1) is 18.9. The molecule has 0 aliphatic heterocycles. The van der Waals surface area contributed by atoms with Crippen LogP contribution in [0, 0.1) is 0 Å². The highest BCUT2D eigenvalue weighted by molar-refractivity contribution is 7.92. The number of pyridine rings is 1. The van der Waals surface area contributed by atoms with Crippen LogP contribution in [0.2, 0.25) is 5.02 Å². The van der Waals surface area contributed by atoms with Crippen molar-refractivity contribution in [2.75, 3.05) is 22.9 Å². The van der Waals surface area contributed by atoms with E-state index in [1.807, 2.05) is 0 Å². The van der Waals surface area contributed by atoms with Gasteiger partial charge in [0.15, 0.2) is 5.69 Å². The number of anilines is 2. The predicted molar refractivity (Wildman–Crippen MR) is 152 cm³/mol. The molecule has 212 valence electrons. The number of carboxylic acid groups (broad SMARTS) is 1. The van der Waals surface area contributed by atoms with Crippen molar-refractivity contribution in [1.29, 1.82) is 0 Å². The summed E-state index contributed by atoms with van der Waals surface area (Å²) in [6.07, 6.45) is 2.32. The lowest BCUT2D eigenvalue weighted by molar-refractivity contribution is -0.137. The zero-order chi connectivity index (χ0) is 29.2. The number of urea groups is 1. The smallest absolute Gasteiger partial charge is 0.319 e. The molecule has 0 saturated carbocycles. The number of amides is 2. The number of rotatable bonds is 9. The van der Waals surface area contributed by atoms with E-state index in [4.69, 9.17) is 11.6 Å². The van der Waals surface area contributed by atoms with Crippen LogP contribution in [-0.2, 0) is 34.2 Å². The molecule has 0 fully saturated rings. The van der Waals surface area contributed by atoms with Gasteiger partial charge in [-0.3, -0.25) is 13.9 Å². The number of nitrogens with one attached hydrogen (secondary N) is 2. The molecule has 4 N–H and O–H groups in total. The van der Waals surface area contributed by atoms with Crippen molar-refractivity contribution in [2.45, 2.75) is 38.3 Å².